The third-order valence-corrected chi connectivity index (χ3v) is 5.64. The van der Waals surface area contributed by atoms with Gasteiger partial charge >= 0.3 is 0 Å². The molecule has 1 N–H and O–H groups in total. The molecule has 136 valence electrons. The molecule has 0 aliphatic carbocycles. The average molecular weight is 363 g/mol. The molecule has 1 aromatic rings. The molecule has 2 aliphatic rings. The van der Waals surface area contributed by atoms with Crippen molar-refractivity contribution in [2.75, 3.05) is 39.0 Å². The molecule has 25 heavy (non-hydrogen) atoms. The number of nitrogens with zero attached hydrogens (tertiary/aromatic N) is 3. The van der Waals surface area contributed by atoms with Gasteiger partial charge in [0.25, 0.3) is 0 Å². The van der Waals surface area contributed by atoms with Crippen LogP contribution in [0.2, 0.25) is 0 Å². The Kier molecular flexibility index (Phi) is 6.37. The van der Waals surface area contributed by atoms with Gasteiger partial charge in [0.1, 0.15) is 5.82 Å². The molecule has 6 heteroatoms. The van der Waals surface area contributed by atoms with Gasteiger partial charge in [-0.25, -0.2) is 9.38 Å². The van der Waals surface area contributed by atoms with Crippen molar-refractivity contribution in [2.45, 2.75) is 30.8 Å². The maximum absolute atomic E-state index is 13.6. The Bertz CT molecular complexity index is 638. The van der Waals surface area contributed by atoms with Crippen LogP contribution in [0.4, 0.5) is 4.39 Å². The zero-order valence-electron chi connectivity index (χ0n) is 15.0. The maximum atomic E-state index is 13.6. The molecule has 0 spiro atoms. The van der Waals surface area contributed by atoms with Crippen LogP contribution in [0.5, 0.6) is 0 Å². The van der Waals surface area contributed by atoms with E-state index in [1.165, 1.54) is 12.5 Å². The standard InChI is InChI=1S/C19H27FN4S/c1-3-21-19(22-13-15-12-16(20)6-7-18(15)25-2)24-11-8-17(14-24)23-9-4-5-10-23/h4-7,12,17H,3,8-11,13-14H2,1-2H3,(H,21,22). The second-order valence-electron chi connectivity index (χ2n) is 6.44. The first-order valence-corrected chi connectivity index (χ1v) is 10.2. The van der Waals surface area contributed by atoms with Gasteiger partial charge in [0.05, 0.1) is 6.54 Å². The molecule has 1 saturated heterocycles. The van der Waals surface area contributed by atoms with E-state index in [1.54, 1.807) is 17.8 Å². The van der Waals surface area contributed by atoms with Crippen molar-refractivity contribution in [2.24, 2.45) is 4.99 Å². The molecule has 0 bridgehead atoms. The molecule has 0 aromatic heterocycles. The van der Waals surface area contributed by atoms with E-state index in [4.69, 9.17) is 4.99 Å². The Morgan fingerprint density at radius 1 is 1.36 bits per heavy atom. The predicted molar refractivity (Wildman–Crippen MR) is 104 cm³/mol. The highest BCUT2D eigenvalue weighted by Crippen LogP contribution is 2.23. The summed E-state index contributed by atoms with van der Waals surface area (Å²) in [5.74, 6) is 0.740. The highest BCUT2D eigenvalue weighted by Gasteiger charge is 2.29. The number of halogens is 1. The number of aliphatic imine (C=N–C) groups is 1. The van der Waals surface area contributed by atoms with Gasteiger partial charge in [-0.1, -0.05) is 12.2 Å². The fourth-order valence-corrected chi connectivity index (χ4v) is 4.07. The van der Waals surface area contributed by atoms with Crippen LogP contribution in [-0.4, -0.2) is 60.8 Å². The average Bonchev–Trinajstić information content (AvgIpc) is 3.29. The van der Waals surface area contributed by atoms with Crippen LogP contribution in [0.3, 0.4) is 0 Å². The van der Waals surface area contributed by atoms with Crippen molar-refractivity contribution >= 4 is 17.7 Å². The van der Waals surface area contributed by atoms with E-state index in [-0.39, 0.29) is 5.82 Å². The van der Waals surface area contributed by atoms with E-state index in [1.807, 2.05) is 12.3 Å². The van der Waals surface area contributed by atoms with Gasteiger partial charge in [-0.05, 0) is 43.4 Å². The summed E-state index contributed by atoms with van der Waals surface area (Å²) >= 11 is 1.64. The number of thioether (sulfide) groups is 1. The summed E-state index contributed by atoms with van der Waals surface area (Å²) in [6.45, 7) is 7.58. The number of benzene rings is 1. The van der Waals surface area contributed by atoms with Crippen LogP contribution < -0.4 is 5.32 Å². The van der Waals surface area contributed by atoms with Crippen LogP contribution in [0, 0.1) is 5.82 Å². The molecular formula is C19H27FN4S. The van der Waals surface area contributed by atoms with Crippen molar-refractivity contribution in [3.05, 3.63) is 41.7 Å². The quantitative estimate of drug-likeness (QED) is 0.378. The molecule has 1 atom stereocenters. The molecule has 4 nitrogen and oxygen atoms in total. The molecule has 1 unspecified atom stereocenters. The topological polar surface area (TPSA) is 30.9 Å². The van der Waals surface area contributed by atoms with E-state index in [2.05, 4.69) is 34.2 Å². The van der Waals surface area contributed by atoms with Gasteiger partial charge in [0, 0.05) is 43.7 Å². The SMILES string of the molecule is CCNC(=NCc1cc(F)ccc1SC)N1CCC(N2CC=CC2)C1. The lowest BCUT2D eigenvalue weighted by Crippen LogP contribution is -2.42. The summed E-state index contributed by atoms with van der Waals surface area (Å²) in [6, 6.07) is 5.54. The number of likely N-dealkylation sites (tertiary alicyclic amines) is 1. The number of guanidine groups is 1. The monoisotopic (exact) mass is 362 g/mol. The van der Waals surface area contributed by atoms with Crippen molar-refractivity contribution in [1.29, 1.82) is 0 Å². The summed E-state index contributed by atoms with van der Waals surface area (Å²) in [4.78, 5) is 10.7. The lowest BCUT2D eigenvalue weighted by molar-refractivity contribution is 0.259. The first kappa shape index (κ1) is 18.3. The Balaban J connectivity index is 1.68. The lowest BCUT2D eigenvalue weighted by Gasteiger charge is -2.25. The number of nitrogens with one attached hydrogen (secondary N) is 1. The van der Waals surface area contributed by atoms with Gasteiger partial charge in [-0.3, -0.25) is 4.90 Å². The zero-order valence-corrected chi connectivity index (χ0v) is 15.9. The largest absolute Gasteiger partial charge is 0.357 e. The Morgan fingerprint density at radius 2 is 2.16 bits per heavy atom. The smallest absolute Gasteiger partial charge is 0.194 e. The lowest BCUT2D eigenvalue weighted by atomic mass is 10.2. The Morgan fingerprint density at radius 3 is 2.88 bits per heavy atom. The number of hydrogen-bond donors (Lipinski definition) is 1. The Labute approximate surface area is 154 Å². The normalized spacial score (nSPS) is 21.3. The highest BCUT2D eigenvalue weighted by atomic mass is 32.2. The molecular weight excluding hydrogens is 335 g/mol. The maximum Gasteiger partial charge on any atom is 0.194 e. The van der Waals surface area contributed by atoms with Crippen LogP contribution in [-0.2, 0) is 6.54 Å². The molecule has 3 rings (SSSR count). The van der Waals surface area contributed by atoms with Crippen molar-refractivity contribution < 1.29 is 4.39 Å². The minimum atomic E-state index is -0.198. The van der Waals surface area contributed by atoms with Crippen molar-refractivity contribution in [3.8, 4) is 0 Å². The summed E-state index contributed by atoms with van der Waals surface area (Å²) in [5, 5.41) is 3.40. The summed E-state index contributed by atoms with van der Waals surface area (Å²) in [5.41, 5.74) is 0.947. The highest BCUT2D eigenvalue weighted by molar-refractivity contribution is 7.98. The van der Waals surface area contributed by atoms with Crippen LogP contribution in [0.25, 0.3) is 0 Å². The summed E-state index contributed by atoms with van der Waals surface area (Å²) in [6.07, 6.45) is 7.68. The van der Waals surface area contributed by atoms with Crippen LogP contribution in [0.1, 0.15) is 18.9 Å². The van der Waals surface area contributed by atoms with Crippen LogP contribution >= 0.6 is 11.8 Å². The fourth-order valence-electron chi connectivity index (χ4n) is 3.48. The number of hydrogen-bond acceptors (Lipinski definition) is 3. The third-order valence-electron chi connectivity index (χ3n) is 4.80. The molecule has 1 fully saturated rings. The molecule has 2 heterocycles. The van der Waals surface area contributed by atoms with Gasteiger partial charge in [-0.2, -0.15) is 0 Å². The minimum absolute atomic E-state index is 0.198. The van der Waals surface area contributed by atoms with E-state index >= 15 is 0 Å². The summed E-state index contributed by atoms with van der Waals surface area (Å²) in [7, 11) is 0. The van der Waals surface area contributed by atoms with E-state index in [0.29, 0.717) is 12.6 Å². The molecule has 0 saturated carbocycles. The van der Waals surface area contributed by atoms with Crippen molar-refractivity contribution in [1.82, 2.24) is 15.1 Å². The Hall–Kier alpha value is -1.53. The first-order valence-electron chi connectivity index (χ1n) is 8.96. The second-order valence-corrected chi connectivity index (χ2v) is 7.29. The zero-order chi connectivity index (χ0) is 17.6. The second kappa shape index (κ2) is 8.72. The van der Waals surface area contributed by atoms with Gasteiger partial charge < -0.3 is 10.2 Å². The molecule has 2 aliphatic heterocycles. The predicted octanol–water partition coefficient (Wildman–Crippen LogP) is 2.96. The van der Waals surface area contributed by atoms with Gasteiger partial charge in [0.2, 0.25) is 0 Å². The summed E-state index contributed by atoms with van der Waals surface area (Å²) < 4.78 is 13.6. The third kappa shape index (κ3) is 4.55. The van der Waals surface area contributed by atoms with E-state index in [9.17, 15) is 4.39 Å². The van der Waals surface area contributed by atoms with Crippen LogP contribution in [0.15, 0.2) is 40.2 Å². The molecule has 0 amide bonds. The molecule has 0 radical (unpaired) electrons. The minimum Gasteiger partial charge on any atom is -0.357 e. The van der Waals surface area contributed by atoms with Gasteiger partial charge in [-0.15, -0.1) is 11.8 Å². The van der Waals surface area contributed by atoms with Crippen molar-refractivity contribution in [3.63, 3.8) is 0 Å². The molecule has 1 aromatic carbocycles. The number of rotatable bonds is 5. The fraction of sp³-hybridized carbons (Fsp3) is 0.526. The van der Waals surface area contributed by atoms with E-state index in [0.717, 1.165) is 49.1 Å². The first-order chi connectivity index (χ1) is 12.2. The van der Waals surface area contributed by atoms with E-state index < -0.39 is 0 Å². The van der Waals surface area contributed by atoms with Gasteiger partial charge in [0.15, 0.2) is 5.96 Å².